The Hall–Kier alpha value is -1.10. The minimum Gasteiger partial charge on any atom is -0.480 e. The predicted molar refractivity (Wildman–Crippen MR) is 73.8 cm³/mol. The van der Waals surface area contributed by atoms with Crippen molar-refractivity contribution in [3.63, 3.8) is 0 Å². The number of carboxylic acids is 1. The van der Waals surface area contributed by atoms with Gasteiger partial charge in [-0.3, -0.25) is 4.79 Å². The minimum absolute atomic E-state index is 0.151. The van der Waals surface area contributed by atoms with Crippen LogP contribution in [0.1, 0.15) is 46.5 Å². The van der Waals surface area contributed by atoms with Gasteiger partial charge in [-0.2, -0.15) is 0 Å². The first-order valence-corrected chi connectivity index (χ1v) is 7.14. The average molecular weight is 270 g/mol. The summed E-state index contributed by atoms with van der Waals surface area (Å²) in [4.78, 5) is 23.5. The molecule has 0 spiro atoms. The van der Waals surface area contributed by atoms with Crippen LogP contribution in [-0.4, -0.2) is 36.1 Å². The molecule has 0 aliphatic carbocycles. The van der Waals surface area contributed by atoms with Crippen LogP contribution in [0, 0.1) is 11.3 Å². The number of nitrogens with one attached hydrogen (secondary N) is 2. The van der Waals surface area contributed by atoms with Crippen molar-refractivity contribution in [1.29, 1.82) is 0 Å². The van der Waals surface area contributed by atoms with Crippen LogP contribution in [0.15, 0.2) is 0 Å². The van der Waals surface area contributed by atoms with Gasteiger partial charge in [0.15, 0.2) is 0 Å². The van der Waals surface area contributed by atoms with E-state index in [2.05, 4.69) is 10.6 Å². The molecule has 110 valence electrons. The molecular formula is C14H26N2O3. The molecule has 1 saturated heterocycles. The number of carbonyl (C=O) groups is 2. The molecule has 0 aromatic rings. The number of carbonyl (C=O) groups excluding carboxylic acids is 1. The van der Waals surface area contributed by atoms with Crippen LogP contribution in [0.2, 0.25) is 0 Å². The third-order valence-electron chi connectivity index (χ3n) is 4.08. The zero-order valence-electron chi connectivity index (χ0n) is 12.2. The van der Waals surface area contributed by atoms with Crippen LogP contribution in [0.3, 0.4) is 0 Å². The predicted octanol–water partition coefficient (Wildman–Crippen LogP) is 1.38. The fourth-order valence-corrected chi connectivity index (χ4v) is 2.54. The van der Waals surface area contributed by atoms with E-state index in [1.165, 1.54) is 0 Å². The Morgan fingerprint density at radius 3 is 2.63 bits per heavy atom. The molecule has 5 heteroatoms. The van der Waals surface area contributed by atoms with Crippen molar-refractivity contribution in [2.24, 2.45) is 11.3 Å². The molecule has 1 rings (SSSR count). The molecule has 1 aliphatic heterocycles. The Morgan fingerprint density at radius 2 is 2.16 bits per heavy atom. The van der Waals surface area contributed by atoms with Crippen molar-refractivity contribution >= 4 is 11.9 Å². The SMILES string of the molecule is CCC[C@@H](NC(=O)C(C)(C)C1CCCNC1)C(=O)O. The van der Waals surface area contributed by atoms with Crippen LogP contribution < -0.4 is 10.6 Å². The summed E-state index contributed by atoms with van der Waals surface area (Å²) >= 11 is 0. The summed E-state index contributed by atoms with van der Waals surface area (Å²) in [6.07, 6.45) is 3.29. The lowest BCUT2D eigenvalue weighted by Gasteiger charge is -2.36. The molecule has 0 aromatic carbocycles. The Balaban J connectivity index is 2.65. The maximum atomic E-state index is 12.4. The smallest absolute Gasteiger partial charge is 0.326 e. The molecule has 0 saturated carbocycles. The second-order valence-electron chi connectivity index (χ2n) is 5.92. The first-order valence-electron chi connectivity index (χ1n) is 7.14. The largest absolute Gasteiger partial charge is 0.480 e. The third-order valence-corrected chi connectivity index (χ3v) is 4.08. The van der Waals surface area contributed by atoms with E-state index in [0.717, 1.165) is 32.4 Å². The molecule has 1 amide bonds. The molecule has 2 atom stereocenters. The van der Waals surface area contributed by atoms with E-state index in [1.54, 1.807) is 0 Å². The van der Waals surface area contributed by atoms with Crippen LogP contribution in [0.25, 0.3) is 0 Å². The van der Waals surface area contributed by atoms with E-state index in [1.807, 2.05) is 20.8 Å². The summed E-state index contributed by atoms with van der Waals surface area (Å²) in [7, 11) is 0. The number of aliphatic carboxylic acids is 1. The number of amides is 1. The van der Waals surface area contributed by atoms with Gasteiger partial charge in [0.05, 0.1) is 0 Å². The van der Waals surface area contributed by atoms with Crippen molar-refractivity contribution in [1.82, 2.24) is 10.6 Å². The van der Waals surface area contributed by atoms with Gasteiger partial charge in [0.25, 0.3) is 0 Å². The Morgan fingerprint density at radius 1 is 1.47 bits per heavy atom. The normalized spacial score (nSPS) is 21.7. The van der Waals surface area contributed by atoms with Crippen molar-refractivity contribution < 1.29 is 14.7 Å². The average Bonchev–Trinajstić information content (AvgIpc) is 2.38. The molecule has 3 N–H and O–H groups in total. The van der Waals surface area contributed by atoms with E-state index in [-0.39, 0.29) is 11.8 Å². The molecular weight excluding hydrogens is 244 g/mol. The highest BCUT2D eigenvalue weighted by Gasteiger charge is 2.38. The fraction of sp³-hybridized carbons (Fsp3) is 0.857. The second kappa shape index (κ2) is 6.89. The first kappa shape index (κ1) is 16.0. The van der Waals surface area contributed by atoms with Gasteiger partial charge in [-0.25, -0.2) is 4.79 Å². The summed E-state index contributed by atoms with van der Waals surface area (Å²) in [6, 6.07) is -0.770. The van der Waals surface area contributed by atoms with Gasteiger partial charge in [-0.05, 0) is 38.3 Å². The lowest BCUT2D eigenvalue weighted by Crippen LogP contribution is -2.51. The van der Waals surface area contributed by atoms with Crippen LogP contribution >= 0.6 is 0 Å². The minimum atomic E-state index is -0.951. The Labute approximate surface area is 115 Å². The van der Waals surface area contributed by atoms with Crippen molar-refractivity contribution in [2.75, 3.05) is 13.1 Å². The van der Waals surface area contributed by atoms with Crippen LogP contribution in [0.5, 0.6) is 0 Å². The molecule has 0 bridgehead atoms. The van der Waals surface area contributed by atoms with Gasteiger partial charge >= 0.3 is 5.97 Å². The van der Waals surface area contributed by atoms with Gasteiger partial charge in [0, 0.05) is 5.41 Å². The molecule has 0 radical (unpaired) electrons. The zero-order valence-corrected chi connectivity index (χ0v) is 12.2. The molecule has 1 fully saturated rings. The summed E-state index contributed by atoms with van der Waals surface area (Å²) in [5.41, 5.74) is -0.533. The zero-order chi connectivity index (χ0) is 14.5. The van der Waals surface area contributed by atoms with E-state index < -0.39 is 17.4 Å². The van der Waals surface area contributed by atoms with Gasteiger partial charge in [-0.1, -0.05) is 27.2 Å². The summed E-state index contributed by atoms with van der Waals surface area (Å²) in [5, 5.41) is 15.1. The summed E-state index contributed by atoms with van der Waals surface area (Å²) < 4.78 is 0. The Kier molecular flexibility index (Phi) is 5.79. The highest BCUT2D eigenvalue weighted by atomic mass is 16.4. The quantitative estimate of drug-likeness (QED) is 0.681. The Bertz CT molecular complexity index is 323. The fourth-order valence-electron chi connectivity index (χ4n) is 2.54. The first-order chi connectivity index (χ1) is 8.89. The van der Waals surface area contributed by atoms with E-state index >= 15 is 0 Å². The van der Waals surface area contributed by atoms with Gasteiger partial charge in [0.2, 0.25) is 5.91 Å². The van der Waals surface area contributed by atoms with Gasteiger partial charge in [-0.15, -0.1) is 0 Å². The molecule has 1 unspecified atom stereocenters. The maximum absolute atomic E-state index is 12.4. The highest BCUT2D eigenvalue weighted by Crippen LogP contribution is 2.32. The van der Waals surface area contributed by atoms with Crippen LogP contribution in [0.4, 0.5) is 0 Å². The standard InChI is InChI=1S/C14H26N2O3/c1-4-6-11(12(17)18)16-13(19)14(2,3)10-7-5-8-15-9-10/h10-11,15H,4-9H2,1-3H3,(H,16,19)(H,17,18)/t10?,11-/m1/s1. The lowest BCUT2D eigenvalue weighted by atomic mass is 9.74. The lowest BCUT2D eigenvalue weighted by molar-refractivity contribution is -0.144. The van der Waals surface area contributed by atoms with E-state index in [4.69, 9.17) is 5.11 Å². The summed E-state index contributed by atoms with van der Waals surface area (Å²) in [5.74, 6) is -0.841. The summed E-state index contributed by atoms with van der Waals surface area (Å²) in [6.45, 7) is 7.56. The number of piperidine rings is 1. The number of hydrogen-bond donors (Lipinski definition) is 3. The van der Waals surface area contributed by atoms with Crippen molar-refractivity contribution in [2.45, 2.75) is 52.5 Å². The number of rotatable bonds is 6. The molecule has 19 heavy (non-hydrogen) atoms. The highest BCUT2D eigenvalue weighted by molar-refractivity contribution is 5.87. The topological polar surface area (TPSA) is 78.4 Å². The van der Waals surface area contributed by atoms with Crippen molar-refractivity contribution in [3.8, 4) is 0 Å². The van der Waals surface area contributed by atoms with Gasteiger partial charge in [0.1, 0.15) is 6.04 Å². The van der Waals surface area contributed by atoms with Crippen molar-refractivity contribution in [3.05, 3.63) is 0 Å². The maximum Gasteiger partial charge on any atom is 0.326 e. The molecule has 5 nitrogen and oxygen atoms in total. The van der Waals surface area contributed by atoms with Crippen LogP contribution in [-0.2, 0) is 9.59 Å². The molecule has 0 aromatic heterocycles. The molecule has 1 heterocycles. The second-order valence-corrected chi connectivity index (χ2v) is 5.92. The number of hydrogen-bond acceptors (Lipinski definition) is 3. The van der Waals surface area contributed by atoms with E-state index in [0.29, 0.717) is 6.42 Å². The molecule has 1 aliphatic rings. The van der Waals surface area contributed by atoms with Gasteiger partial charge < -0.3 is 15.7 Å². The third kappa shape index (κ3) is 4.20. The monoisotopic (exact) mass is 270 g/mol. The van der Waals surface area contributed by atoms with E-state index in [9.17, 15) is 9.59 Å². The number of carboxylic acid groups (broad SMARTS) is 1.